The molecule has 0 aromatic heterocycles. The van der Waals surface area contributed by atoms with E-state index in [2.05, 4.69) is 24.3 Å². The van der Waals surface area contributed by atoms with Crippen molar-refractivity contribution in [1.29, 1.82) is 0 Å². The number of fused-ring (bicyclic) bond motifs is 3. The summed E-state index contributed by atoms with van der Waals surface area (Å²) in [7, 11) is 0. The molecule has 2 bridgehead atoms. The second-order valence-corrected chi connectivity index (χ2v) is 8.15. The van der Waals surface area contributed by atoms with E-state index in [1.807, 2.05) is 42.5 Å². The van der Waals surface area contributed by atoms with Gasteiger partial charge in [-0.2, -0.15) is 0 Å². The van der Waals surface area contributed by atoms with Crippen molar-refractivity contribution in [3.05, 3.63) is 66.7 Å². The molecule has 2 saturated carbocycles. The molecule has 3 aliphatic carbocycles. The molecular formula is C23H19NO2. The van der Waals surface area contributed by atoms with Gasteiger partial charge in [0.05, 0.1) is 17.5 Å². The molecule has 1 heterocycles. The summed E-state index contributed by atoms with van der Waals surface area (Å²) in [4.78, 5) is 27.7. The summed E-state index contributed by atoms with van der Waals surface area (Å²) in [6.45, 7) is 0. The van der Waals surface area contributed by atoms with E-state index in [4.69, 9.17) is 0 Å². The van der Waals surface area contributed by atoms with E-state index >= 15 is 0 Å². The Balaban J connectivity index is 1.34. The summed E-state index contributed by atoms with van der Waals surface area (Å²) in [6, 6.07) is 17.9. The third-order valence-corrected chi connectivity index (χ3v) is 7.09. The van der Waals surface area contributed by atoms with E-state index in [1.165, 1.54) is 17.7 Å². The zero-order valence-corrected chi connectivity index (χ0v) is 14.3. The van der Waals surface area contributed by atoms with Gasteiger partial charge in [0, 0.05) is 0 Å². The monoisotopic (exact) mass is 341 g/mol. The maximum Gasteiger partial charge on any atom is 0.238 e. The second kappa shape index (κ2) is 4.73. The summed E-state index contributed by atoms with van der Waals surface area (Å²) in [6.07, 6.45) is 6.78. The molecule has 1 aliphatic heterocycles. The number of nitrogens with zero attached hydrogens (tertiary/aromatic N) is 1. The van der Waals surface area contributed by atoms with Crippen molar-refractivity contribution in [3.63, 3.8) is 0 Å². The Bertz CT molecular complexity index is 921. The van der Waals surface area contributed by atoms with E-state index in [-0.39, 0.29) is 40.9 Å². The molecule has 0 radical (unpaired) electrons. The first-order valence-corrected chi connectivity index (χ1v) is 9.42. The van der Waals surface area contributed by atoms with Gasteiger partial charge < -0.3 is 0 Å². The molecule has 4 aliphatic rings. The number of imide groups is 1. The fourth-order valence-corrected chi connectivity index (χ4v) is 5.77. The summed E-state index contributed by atoms with van der Waals surface area (Å²) in [5.74, 6) is 0.318. The molecule has 128 valence electrons. The number of carbonyl (C=O) groups excluding carboxylic acids is 2. The van der Waals surface area contributed by atoms with Gasteiger partial charge in [-0.1, -0.05) is 54.6 Å². The molecule has 26 heavy (non-hydrogen) atoms. The Morgan fingerprint density at radius 1 is 0.731 bits per heavy atom. The van der Waals surface area contributed by atoms with Crippen LogP contribution in [0.1, 0.15) is 12.8 Å². The normalized spacial score (nSPS) is 32.5. The van der Waals surface area contributed by atoms with Crippen molar-refractivity contribution in [3.8, 4) is 11.1 Å². The lowest BCUT2D eigenvalue weighted by molar-refractivity contribution is -0.123. The van der Waals surface area contributed by atoms with Gasteiger partial charge in [0.15, 0.2) is 0 Å². The first kappa shape index (κ1) is 14.5. The summed E-state index contributed by atoms with van der Waals surface area (Å²) in [5.41, 5.74) is 3.18. The standard InChI is InChI=1S/C23H19NO2/c25-21-19-17-10-11-18(23(17)12-13-23)20(19)22(26)24(21)16-8-6-15(7-9-16)14-4-2-1-3-5-14/h1-11,17-20H,12-13H2/t17-,18-,19-,20+/m1/s1. The van der Waals surface area contributed by atoms with Gasteiger partial charge in [-0.15, -0.1) is 0 Å². The van der Waals surface area contributed by atoms with Crippen molar-refractivity contribution in [2.45, 2.75) is 12.8 Å². The molecule has 3 heteroatoms. The molecular weight excluding hydrogens is 322 g/mol. The van der Waals surface area contributed by atoms with E-state index in [1.54, 1.807) is 0 Å². The zero-order valence-electron chi connectivity index (χ0n) is 14.3. The van der Waals surface area contributed by atoms with Gasteiger partial charge in [0.25, 0.3) is 0 Å². The third-order valence-electron chi connectivity index (χ3n) is 7.09. The Hall–Kier alpha value is -2.68. The van der Waals surface area contributed by atoms with Crippen LogP contribution in [0.4, 0.5) is 5.69 Å². The van der Waals surface area contributed by atoms with Gasteiger partial charge in [-0.05, 0) is 53.4 Å². The van der Waals surface area contributed by atoms with Gasteiger partial charge in [0.1, 0.15) is 0 Å². The fourth-order valence-electron chi connectivity index (χ4n) is 5.77. The number of hydrogen-bond donors (Lipinski definition) is 0. The number of allylic oxidation sites excluding steroid dienone is 2. The van der Waals surface area contributed by atoms with Gasteiger partial charge in [-0.3, -0.25) is 14.5 Å². The molecule has 1 spiro atoms. The average molecular weight is 341 g/mol. The highest BCUT2D eigenvalue weighted by molar-refractivity contribution is 6.23. The topological polar surface area (TPSA) is 37.4 Å². The van der Waals surface area contributed by atoms with Crippen molar-refractivity contribution < 1.29 is 9.59 Å². The highest BCUT2D eigenvalue weighted by Crippen LogP contribution is 2.73. The molecule has 0 unspecified atom stereocenters. The molecule has 2 aromatic rings. The van der Waals surface area contributed by atoms with Gasteiger partial charge >= 0.3 is 0 Å². The van der Waals surface area contributed by atoms with Gasteiger partial charge in [0.2, 0.25) is 11.8 Å². The van der Waals surface area contributed by atoms with Crippen LogP contribution < -0.4 is 4.90 Å². The lowest BCUT2D eigenvalue weighted by atomic mass is 9.85. The maximum absolute atomic E-state index is 13.1. The highest BCUT2D eigenvalue weighted by atomic mass is 16.2. The van der Waals surface area contributed by atoms with E-state index in [0.29, 0.717) is 5.69 Å². The molecule has 3 nitrogen and oxygen atoms in total. The number of hydrogen-bond acceptors (Lipinski definition) is 2. The fraction of sp³-hybridized carbons (Fsp3) is 0.304. The predicted octanol–water partition coefficient (Wildman–Crippen LogP) is 4.06. The van der Waals surface area contributed by atoms with E-state index in [9.17, 15) is 9.59 Å². The summed E-state index contributed by atoms with van der Waals surface area (Å²) < 4.78 is 0. The minimum Gasteiger partial charge on any atom is -0.274 e. The SMILES string of the molecule is O=C1[C@@H]2[C@H](C(=O)N1c1ccc(-c3ccccc3)cc1)[C@H]1C=C[C@H]2C12CC2. The number of carbonyl (C=O) groups is 2. The van der Waals surface area contributed by atoms with E-state index in [0.717, 1.165) is 11.1 Å². The van der Waals surface area contributed by atoms with Gasteiger partial charge in [-0.25, -0.2) is 0 Å². The molecule has 2 aromatic carbocycles. The first-order chi connectivity index (χ1) is 12.7. The molecule has 6 rings (SSSR count). The van der Waals surface area contributed by atoms with Crippen LogP contribution in [0.25, 0.3) is 11.1 Å². The Kier molecular flexibility index (Phi) is 2.63. The number of amides is 2. The number of rotatable bonds is 2. The lowest BCUT2D eigenvalue weighted by Crippen LogP contribution is -2.34. The van der Waals surface area contributed by atoms with Crippen molar-refractivity contribution >= 4 is 17.5 Å². The Morgan fingerprint density at radius 2 is 1.27 bits per heavy atom. The molecule has 1 saturated heterocycles. The molecule has 2 amide bonds. The summed E-state index contributed by atoms with van der Waals surface area (Å²) in [5, 5.41) is 0. The molecule has 0 N–H and O–H groups in total. The van der Waals surface area contributed by atoms with Crippen LogP contribution in [0, 0.1) is 29.1 Å². The predicted molar refractivity (Wildman–Crippen MR) is 99.1 cm³/mol. The quantitative estimate of drug-likeness (QED) is 0.610. The lowest BCUT2D eigenvalue weighted by Gasteiger charge is -2.22. The van der Waals surface area contributed by atoms with Crippen LogP contribution in [0.15, 0.2) is 66.7 Å². The van der Waals surface area contributed by atoms with Crippen LogP contribution in [-0.2, 0) is 9.59 Å². The summed E-state index contributed by atoms with van der Waals surface area (Å²) >= 11 is 0. The maximum atomic E-state index is 13.1. The van der Waals surface area contributed by atoms with Crippen LogP contribution in [0.5, 0.6) is 0 Å². The Morgan fingerprint density at radius 3 is 1.81 bits per heavy atom. The zero-order chi connectivity index (χ0) is 17.5. The second-order valence-electron chi connectivity index (χ2n) is 8.15. The van der Waals surface area contributed by atoms with Crippen molar-refractivity contribution in [1.82, 2.24) is 0 Å². The van der Waals surface area contributed by atoms with E-state index < -0.39 is 0 Å². The third kappa shape index (κ3) is 1.64. The van der Waals surface area contributed by atoms with Crippen molar-refractivity contribution in [2.24, 2.45) is 29.1 Å². The minimum absolute atomic E-state index is 0.00980. The van der Waals surface area contributed by atoms with Crippen LogP contribution >= 0.6 is 0 Å². The highest BCUT2D eigenvalue weighted by Gasteiger charge is 2.73. The van der Waals surface area contributed by atoms with Crippen LogP contribution in [0.2, 0.25) is 0 Å². The van der Waals surface area contributed by atoms with Crippen molar-refractivity contribution in [2.75, 3.05) is 4.90 Å². The first-order valence-electron chi connectivity index (χ1n) is 9.42. The molecule has 3 fully saturated rings. The van der Waals surface area contributed by atoms with Crippen LogP contribution in [0.3, 0.4) is 0 Å². The number of anilines is 1. The molecule has 4 atom stereocenters. The number of benzene rings is 2. The Labute approximate surface area is 152 Å². The average Bonchev–Trinajstić information content (AvgIpc) is 3.27. The smallest absolute Gasteiger partial charge is 0.238 e. The minimum atomic E-state index is -0.131. The van der Waals surface area contributed by atoms with Crippen LogP contribution in [-0.4, -0.2) is 11.8 Å². The largest absolute Gasteiger partial charge is 0.274 e.